The van der Waals surface area contributed by atoms with Crippen LogP contribution in [0.15, 0.2) is 29.4 Å². The Morgan fingerprint density at radius 3 is 2.64 bits per heavy atom. The third-order valence-electron chi connectivity index (χ3n) is 3.95. The summed E-state index contributed by atoms with van der Waals surface area (Å²) in [7, 11) is 0. The van der Waals surface area contributed by atoms with Crippen LogP contribution in [0.25, 0.3) is 5.78 Å². The topological polar surface area (TPSA) is 72.2 Å². The molecule has 0 saturated carbocycles. The van der Waals surface area contributed by atoms with Gasteiger partial charge in [-0.2, -0.15) is 4.98 Å². The van der Waals surface area contributed by atoms with Crippen LogP contribution in [0.1, 0.15) is 22.5 Å². The minimum absolute atomic E-state index is 0.0625. The molecule has 1 amide bonds. The monoisotopic (exact) mass is 375 g/mol. The molecule has 0 radical (unpaired) electrons. The zero-order valence-electron chi connectivity index (χ0n) is 14.2. The summed E-state index contributed by atoms with van der Waals surface area (Å²) in [6.45, 7) is 4.29. The highest BCUT2D eigenvalue weighted by Gasteiger charge is 2.15. The number of nitrogens with one attached hydrogen (secondary N) is 1. The highest BCUT2D eigenvalue weighted by Crippen LogP contribution is 2.17. The van der Waals surface area contributed by atoms with E-state index in [-0.39, 0.29) is 12.3 Å². The second kappa shape index (κ2) is 7.41. The minimum Gasteiger partial charge on any atom is -0.352 e. The Bertz CT molecular complexity index is 923. The number of carbonyl (C=O) groups is 1. The summed E-state index contributed by atoms with van der Waals surface area (Å²) in [4.78, 5) is 21.2. The second-order valence-corrected chi connectivity index (χ2v) is 6.86. The number of fused-ring (bicyclic) bond motifs is 1. The van der Waals surface area contributed by atoms with Gasteiger partial charge in [-0.15, -0.1) is 5.10 Å². The largest absolute Gasteiger partial charge is 0.352 e. The Balaban J connectivity index is 1.75. The van der Waals surface area contributed by atoms with Gasteiger partial charge in [-0.1, -0.05) is 35.5 Å². The van der Waals surface area contributed by atoms with E-state index in [4.69, 9.17) is 11.6 Å². The molecule has 6 nitrogen and oxygen atoms in total. The molecule has 0 spiro atoms. The predicted octanol–water partition coefficient (Wildman–Crippen LogP) is 2.98. The molecule has 1 N–H and O–H groups in total. The van der Waals surface area contributed by atoms with Crippen molar-refractivity contribution < 1.29 is 4.79 Å². The molecule has 2 heterocycles. The molecule has 2 aromatic heterocycles. The van der Waals surface area contributed by atoms with E-state index in [9.17, 15) is 4.79 Å². The maximum absolute atomic E-state index is 12.3. The zero-order chi connectivity index (χ0) is 18.0. The van der Waals surface area contributed by atoms with E-state index in [0.29, 0.717) is 22.5 Å². The fourth-order valence-electron chi connectivity index (χ4n) is 2.56. The molecule has 130 valence electrons. The van der Waals surface area contributed by atoms with E-state index in [1.54, 1.807) is 4.52 Å². The summed E-state index contributed by atoms with van der Waals surface area (Å²) in [6, 6.07) is 7.41. The van der Waals surface area contributed by atoms with Crippen LogP contribution in [-0.2, 0) is 17.8 Å². The van der Waals surface area contributed by atoms with Crippen LogP contribution in [0.4, 0.5) is 0 Å². The highest BCUT2D eigenvalue weighted by atomic mass is 35.5. The number of amides is 1. The maximum atomic E-state index is 12.3. The molecule has 3 aromatic rings. The van der Waals surface area contributed by atoms with Gasteiger partial charge in [0.15, 0.2) is 0 Å². The average Bonchev–Trinajstić information content (AvgIpc) is 3.01. The zero-order valence-corrected chi connectivity index (χ0v) is 15.8. The number of aryl methyl sites for hydroxylation is 2. The van der Waals surface area contributed by atoms with Crippen LogP contribution in [-0.4, -0.2) is 31.7 Å². The number of aromatic nitrogens is 4. The number of benzene rings is 1. The van der Waals surface area contributed by atoms with Crippen molar-refractivity contribution in [3.8, 4) is 0 Å². The van der Waals surface area contributed by atoms with Gasteiger partial charge in [0.05, 0.1) is 6.42 Å². The molecule has 8 heteroatoms. The fraction of sp³-hybridized carbons (Fsp3) is 0.294. The normalized spacial score (nSPS) is 11.0. The Hall–Kier alpha value is -2.12. The maximum Gasteiger partial charge on any atom is 0.253 e. The molecule has 0 atom stereocenters. The summed E-state index contributed by atoms with van der Waals surface area (Å²) >= 11 is 7.33. The first kappa shape index (κ1) is 17.7. The van der Waals surface area contributed by atoms with Gasteiger partial charge in [-0.3, -0.25) is 4.79 Å². The molecule has 0 fully saturated rings. The summed E-state index contributed by atoms with van der Waals surface area (Å²) in [5, 5.41) is 8.67. The van der Waals surface area contributed by atoms with E-state index in [1.807, 2.05) is 44.4 Å². The molecule has 0 saturated heterocycles. The summed E-state index contributed by atoms with van der Waals surface area (Å²) < 4.78 is 1.70. The van der Waals surface area contributed by atoms with Crippen LogP contribution >= 0.6 is 23.4 Å². The first-order chi connectivity index (χ1) is 12.0. The number of hydrogen-bond acceptors (Lipinski definition) is 5. The Kier molecular flexibility index (Phi) is 5.24. The van der Waals surface area contributed by atoms with Gasteiger partial charge in [0.25, 0.3) is 5.78 Å². The lowest BCUT2D eigenvalue weighted by atomic mass is 10.1. The predicted molar refractivity (Wildman–Crippen MR) is 99.0 cm³/mol. The number of thioether (sulfide) groups is 1. The highest BCUT2D eigenvalue weighted by molar-refractivity contribution is 7.98. The van der Waals surface area contributed by atoms with Crippen molar-refractivity contribution in [2.45, 2.75) is 32.0 Å². The number of carbonyl (C=O) groups excluding carboxylic acids is 1. The van der Waals surface area contributed by atoms with Crippen molar-refractivity contribution in [1.29, 1.82) is 0 Å². The van der Waals surface area contributed by atoms with Gasteiger partial charge in [-0.05, 0) is 37.8 Å². The third kappa shape index (κ3) is 3.93. The van der Waals surface area contributed by atoms with Crippen molar-refractivity contribution in [3.63, 3.8) is 0 Å². The van der Waals surface area contributed by atoms with Gasteiger partial charge in [0, 0.05) is 28.5 Å². The summed E-state index contributed by atoms with van der Waals surface area (Å²) in [5.74, 6) is 0.497. The molecular weight excluding hydrogens is 358 g/mol. The quantitative estimate of drug-likeness (QED) is 0.694. The Morgan fingerprint density at radius 2 is 1.96 bits per heavy atom. The van der Waals surface area contributed by atoms with Crippen LogP contribution in [0, 0.1) is 13.8 Å². The second-order valence-electron chi connectivity index (χ2n) is 5.65. The lowest BCUT2D eigenvalue weighted by Crippen LogP contribution is -2.25. The lowest BCUT2D eigenvalue weighted by Gasteiger charge is -2.11. The van der Waals surface area contributed by atoms with Crippen molar-refractivity contribution >= 4 is 35.0 Å². The van der Waals surface area contributed by atoms with Gasteiger partial charge >= 0.3 is 0 Å². The standard InChI is InChI=1S/C17H18ClN5OS/c1-10-14(11(2)23-16(20-10)21-17(22-23)25-3)8-15(24)19-9-12-4-6-13(18)7-5-12/h4-7H,8-9H2,1-3H3,(H,19,24). The van der Waals surface area contributed by atoms with E-state index >= 15 is 0 Å². The van der Waals surface area contributed by atoms with Crippen molar-refractivity contribution in [1.82, 2.24) is 24.9 Å². The van der Waals surface area contributed by atoms with Gasteiger partial charge in [0.2, 0.25) is 11.1 Å². The molecule has 0 aliphatic carbocycles. The summed E-state index contributed by atoms with van der Waals surface area (Å²) in [6.07, 6.45) is 2.17. The van der Waals surface area contributed by atoms with Crippen LogP contribution in [0.5, 0.6) is 0 Å². The Labute approximate surface area is 155 Å². The Morgan fingerprint density at radius 1 is 1.24 bits per heavy atom. The van der Waals surface area contributed by atoms with Gasteiger partial charge in [-0.25, -0.2) is 9.50 Å². The van der Waals surface area contributed by atoms with Crippen molar-refractivity contribution in [2.75, 3.05) is 6.26 Å². The van der Waals surface area contributed by atoms with Crippen LogP contribution < -0.4 is 5.32 Å². The minimum atomic E-state index is -0.0625. The van der Waals surface area contributed by atoms with E-state index in [2.05, 4.69) is 20.4 Å². The number of rotatable bonds is 5. The van der Waals surface area contributed by atoms with Crippen LogP contribution in [0.3, 0.4) is 0 Å². The first-order valence-electron chi connectivity index (χ1n) is 7.76. The molecule has 0 aliphatic rings. The SMILES string of the molecule is CSc1nc2nc(C)c(CC(=O)NCc3ccc(Cl)cc3)c(C)n2n1. The average molecular weight is 376 g/mol. The van der Waals surface area contributed by atoms with E-state index in [1.165, 1.54) is 11.8 Å². The smallest absolute Gasteiger partial charge is 0.253 e. The molecule has 1 aromatic carbocycles. The van der Waals surface area contributed by atoms with Crippen molar-refractivity contribution in [2.24, 2.45) is 0 Å². The summed E-state index contributed by atoms with van der Waals surface area (Å²) in [5.41, 5.74) is 3.56. The van der Waals surface area contributed by atoms with Gasteiger partial charge in [0.1, 0.15) is 0 Å². The number of halogens is 1. The molecule has 0 bridgehead atoms. The molecule has 0 aliphatic heterocycles. The van der Waals surface area contributed by atoms with Gasteiger partial charge < -0.3 is 5.32 Å². The van der Waals surface area contributed by atoms with E-state index in [0.717, 1.165) is 22.5 Å². The number of hydrogen-bond donors (Lipinski definition) is 1. The van der Waals surface area contributed by atoms with Crippen LogP contribution in [0.2, 0.25) is 5.02 Å². The lowest BCUT2D eigenvalue weighted by molar-refractivity contribution is -0.120. The molecule has 0 unspecified atom stereocenters. The van der Waals surface area contributed by atoms with E-state index < -0.39 is 0 Å². The fourth-order valence-corrected chi connectivity index (χ4v) is 3.02. The molecule has 25 heavy (non-hydrogen) atoms. The first-order valence-corrected chi connectivity index (χ1v) is 9.36. The number of nitrogens with zero attached hydrogens (tertiary/aromatic N) is 4. The third-order valence-corrected chi connectivity index (χ3v) is 4.74. The van der Waals surface area contributed by atoms with Crippen molar-refractivity contribution in [3.05, 3.63) is 51.8 Å². The molecule has 3 rings (SSSR count). The molecular formula is C17H18ClN5OS.